The number of hydrogen-bond acceptors (Lipinski definition) is 0. The van der Waals surface area contributed by atoms with Crippen LogP contribution in [0, 0.1) is 11.8 Å². The van der Waals surface area contributed by atoms with Gasteiger partial charge in [-0.25, -0.2) is 0 Å². The Hall–Kier alpha value is -0.520. The standard InChI is InChI=1S/C22H38/c1-2-6-10-14-18-21(17-13-9-5-1)22-19-15-11-7-3-4-8-12-16-20-22/h13,15,17,19,21-22H,1-12,14,16,18,20H2. The van der Waals surface area contributed by atoms with Gasteiger partial charge in [-0.05, 0) is 50.4 Å². The molecule has 0 spiro atoms. The van der Waals surface area contributed by atoms with Crippen LogP contribution in [0.15, 0.2) is 24.3 Å². The smallest absolute Gasteiger partial charge is 0.0171 e. The van der Waals surface area contributed by atoms with Crippen LogP contribution in [-0.4, -0.2) is 0 Å². The molecule has 0 radical (unpaired) electrons. The average molecular weight is 303 g/mol. The molecule has 0 amide bonds. The van der Waals surface area contributed by atoms with Crippen molar-refractivity contribution in [2.75, 3.05) is 0 Å². The molecule has 22 heavy (non-hydrogen) atoms. The Morgan fingerprint density at radius 2 is 0.773 bits per heavy atom. The molecule has 0 heteroatoms. The van der Waals surface area contributed by atoms with Gasteiger partial charge in [-0.3, -0.25) is 0 Å². The lowest BCUT2D eigenvalue weighted by molar-refractivity contribution is 0.387. The van der Waals surface area contributed by atoms with Gasteiger partial charge in [0.05, 0.1) is 0 Å². The Morgan fingerprint density at radius 3 is 1.23 bits per heavy atom. The SMILES string of the molecule is C1=CC(C2C=CCCCCCCCC2)CCCCCCCC1. The van der Waals surface area contributed by atoms with Crippen LogP contribution in [0.5, 0.6) is 0 Å². The third-order valence-electron chi connectivity index (χ3n) is 5.63. The zero-order valence-electron chi connectivity index (χ0n) is 14.8. The quantitative estimate of drug-likeness (QED) is 0.437. The first-order valence-corrected chi connectivity index (χ1v) is 10.3. The van der Waals surface area contributed by atoms with Crippen molar-refractivity contribution >= 4 is 0 Å². The van der Waals surface area contributed by atoms with E-state index in [0.717, 1.165) is 11.8 Å². The van der Waals surface area contributed by atoms with E-state index in [9.17, 15) is 0 Å². The van der Waals surface area contributed by atoms with E-state index in [4.69, 9.17) is 0 Å². The third kappa shape index (κ3) is 7.65. The molecule has 2 rings (SSSR count). The van der Waals surface area contributed by atoms with Crippen LogP contribution in [0.4, 0.5) is 0 Å². The van der Waals surface area contributed by atoms with Gasteiger partial charge >= 0.3 is 0 Å². The van der Waals surface area contributed by atoms with Gasteiger partial charge in [0, 0.05) is 0 Å². The summed E-state index contributed by atoms with van der Waals surface area (Å²) in [5.41, 5.74) is 0. The minimum atomic E-state index is 0.815. The molecule has 0 saturated heterocycles. The highest BCUT2D eigenvalue weighted by molar-refractivity contribution is 5.00. The largest absolute Gasteiger partial charge is 0.0882 e. The summed E-state index contributed by atoms with van der Waals surface area (Å²) in [4.78, 5) is 0. The summed E-state index contributed by atoms with van der Waals surface area (Å²) >= 11 is 0. The Labute approximate surface area is 139 Å². The summed E-state index contributed by atoms with van der Waals surface area (Å²) in [5, 5.41) is 0. The van der Waals surface area contributed by atoms with Crippen molar-refractivity contribution in [3.63, 3.8) is 0 Å². The molecule has 126 valence electrons. The first kappa shape index (κ1) is 17.8. The highest BCUT2D eigenvalue weighted by atomic mass is 14.2. The maximum absolute atomic E-state index is 2.60. The van der Waals surface area contributed by atoms with Crippen molar-refractivity contribution in [2.45, 2.75) is 103 Å². The lowest BCUT2D eigenvalue weighted by Crippen LogP contribution is -2.11. The average Bonchev–Trinajstić information content (AvgIpc) is 2.64. The predicted molar refractivity (Wildman–Crippen MR) is 99.1 cm³/mol. The second kappa shape index (κ2) is 12.0. The summed E-state index contributed by atoms with van der Waals surface area (Å²) < 4.78 is 0. The van der Waals surface area contributed by atoms with Crippen LogP contribution in [-0.2, 0) is 0 Å². The summed E-state index contributed by atoms with van der Waals surface area (Å²) in [6.45, 7) is 0. The van der Waals surface area contributed by atoms with Gasteiger partial charge in [-0.2, -0.15) is 0 Å². The molecule has 0 fully saturated rings. The van der Waals surface area contributed by atoms with Crippen LogP contribution in [0.25, 0.3) is 0 Å². The summed E-state index contributed by atoms with van der Waals surface area (Å²) in [5.74, 6) is 1.63. The molecule has 0 nitrogen and oxygen atoms in total. The molecule has 0 N–H and O–H groups in total. The fraction of sp³-hybridized carbons (Fsp3) is 0.818. The Balaban J connectivity index is 1.94. The summed E-state index contributed by atoms with van der Waals surface area (Å²) in [7, 11) is 0. The fourth-order valence-corrected chi connectivity index (χ4v) is 4.15. The highest BCUT2D eigenvalue weighted by Gasteiger charge is 2.16. The van der Waals surface area contributed by atoms with E-state index >= 15 is 0 Å². The molecule has 0 aromatic heterocycles. The van der Waals surface area contributed by atoms with Crippen LogP contribution >= 0.6 is 0 Å². The highest BCUT2D eigenvalue weighted by Crippen LogP contribution is 2.29. The molecule has 2 aliphatic carbocycles. The molecule has 2 aliphatic rings. The van der Waals surface area contributed by atoms with Gasteiger partial charge in [-0.1, -0.05) is 88.5 Å². The molecule has 0 heterocycles. The number of hydrogen-bond donors (Lipinski definition) is 0. The second-order valence-corrected chi connectivity index (χ2v) is 7.58. The molecule has 0 saturated carbocycles. The van der Waals surface area contributed by atoms with Crippen molar-refractivity contribution in [1.29, 1.82) is 0 Å². The van der Waals surface area contributed by atoms with E-state index in [0.29, 0.717) is 0 Å². The lowest BCUT2D eigenvalue weighted by atomic mass is 9.83. The Bertz CT molecular complexity index is 280. The van der Waals surface area contributed by atoms with Gasteiger partial charge < -0.3 is 0 Å². The van der Waals surface area contributed by atoms with Crippen molar-refractivity contribution in [3.8, 4) is 0 Å². The minimum Gasteiger partial charge on any atom is -0.0882 e. The molecule has 0 bridgehead atoms. The van der Waals surface area contributed by atoms with Gasteiger partial charge in [-0.15, -0.1) is 0 Å². The second-order valence-electron chi connectivity index (χ2n) is 7.58. The molecule has 0 aromatic carbocycles. The molecule has 0 aliphatic heterocycles. The van der Waals surface area contributed by atoms with Crippen molar-refractivity contribution in [1.82, 2.24) is 0 Å². The third-order valence-corrected chi connectivity index (χ3v) is 5.63. The van der Waals surface area contributed by atoms with Crippen LogP contribution in [0.2, 0.25) is 0 Å². The molecule has 2 atom stereocenters. The zero-order chi connectivity index (χ0) is 15.3. The van der Waals surface area contributed by atoms with Gasteiger partial charge in [0.2, 0.25) is 0 Å². The Kier molecular flexibility index (Phi) is 9.70. The number of allylic oxidation sites excluding steroid dienone is 4. The van der Waals surface area contributed by atoms with Crippen LogP contribution in [0.3, 0.4) is 0 Å². The van der Waals surface area contributed by atoms with Gasteiger partial charge in [0.15, 0.2) is 0 Å². The van der Waals surface area contributed by atoms with Gasteiger partial charge in [0.1, 0.15) is 0 Å². The fourth-order valence-electron chi connectivity index (χ4n) is 4.15. The Morgan fingerprint density at radius 1 is 0.409 bits per heavy atom. The van der Waals surface area contributed by atoms with Gasteiger partial charge in [0.25, 0.3) is 0 Å². The first-order valence-electron chi connectivity index (χ1n) is 10.3. The monoisotopic (exact) mass is 302 g/mol. The molecular formula is C22H38. The summed E-state index contributed by atoms with van der Waals surface area (Å²) in [6.07, 6.45) is 33.0. The van der Waals surface area contributed by atoms with E-state index < -0.39 is 0 Å². The predicted octanol–water partition coefficient (Wildman–Crippen LogP) is 7.60. The van der Waals surface area contributed by atoms with Crippen molar-refractivity contribution in [3.05, 3.63) is 24.3 Å². The van der Waals surface area contributed by atoms with Crippen LogP contribution < -0.4 is 0 Å². The van der Waals surface area contributed by atoms with E-state index in [1.165, 1.54) is 103 Å². The first-order chi connectivity index (χ1) is 11.0. The number of rotatable bonds is 1. The van der Waals surface area contributed by atoms with E-state index in [-0.39, 0.29) is 0 Å². The topological polar surface area (TPSA) is 0 Å². The maximum Gasteiger partial charge on any atom is -0.0171 e. The van der Waals surface area contributed by atoms with E-state index in [2.05, 4.69) is 24.3 Å². The normalized spacial score (nSPS) is 30.2. The van der Waals surface area contributed by atoms with Crippen molar-refractivity contribution < 1.29 is 0 Å². The zero-order valence-corrected chi connectivity index (χ0v) is 14.8. The molecule has 0 aromatic rings. The van der Waals surface area contributed by atoms with Crippen LogP contribution in [0.1, 0.15) is 103 Å². The minimum absolute atomic E-state index is 0.815. The molecule has 2 unspecified atom stereocenters. The van der Waals surface area contributed by atoms with E-state index in [1.807, 2.05) is 0 Å². The van der Waals surface area contributed by atoms with Crippen molar-refractivity contribution in [2.24, 2.45) is 11.8 Å². The maximum atomic E-state index is 2.60. The van der Waals surface area contributed by atoms with E-state index in [1.54, 1.807) is 0 Å². The lowest BCUT2D eigenvalue weighted by Gasteiger charge is -2.22. The molecular weight excluding hydrogens is 264 g/mol. The summed E-state index contributed by atoms with van der Waals surface area (Å²) in [6, 6.07) is 0.